The zero-order valence-electron chi connectivity index (χ0n) is 22.6. The van der Waals surface area contributed by atoms with Crippen LogP contribution in [-0.2, 0) is 13.5 Å². The Morgan fingerprint density at radius 3 is 2.29 bits per heavy atom. The van der Waals surface area contributed by atoms with Crippen LogP contribution in [0, 0.1) is 37.0 Å². The number of carboxylic acid groups (broad SMARTS) is 1. The molecule has 7 rings (SSSR count). The van der Waals surface area contributed by atoms with Crippen molar-refractivity contribution in [3.63, 3.8) is 0 Å². The van der Waals surface area contributed by atoms with E-state index in [0.29, 0.717) is 22.4 Å². The Kier molecular flexibility index (Phi) is 6.16. The Morgan fingerprint density at radius 2 is 1.66 bits per heavy atom. The number of aromatic nitrogens is 2. The number of benzene rings is 2. The molecule has 0 aliphatic heterocycles. The van der Waals surface area contributed by atoms with Gasteiger partial charge in [0.15, 0.2) is 0 Å². The van der Waals surface area contributed by atoms with Gasteiger partial charge in [0.2, 0.25) is 0 Å². The van der Waals surface area contributed by atoms with Crippen molar-refractivity contribution in [2.45, 2.75) is 65.2 Å². The second-order valence-electron chi connectivity index (χ2n) is 12.3. The van der Waals surface area contributed by atoms with E-state index in [0.717, 1.165) is 53.2 Å². The third-order valence-corrected chi connectivity index (χ3v) is 9.55. The molecule has 4 aliphatic carbocycles. The second-order valence-corrected chi connectivity index (χ2v) is 12.3. The zero-order valence-corrected chi connectivity index (χ0v) is 22.6. The molecule has 2 aromatic carbocycles. The van der Waals surface area contributed by atoms with Crippen molar-refractivity contribution in [1.29, 1.82) is 0 Å². The lowest BCUT2D eigenvalue weighted by Crippen LogP contribution is -2.46. The molecule has 4 bridgehead atoms. The Balaban J connectivity index is 1.33. The number of aromatic carboxylic acids is 1. The molecule has 4 saturated carbocycles. The van der Waals surface area contributed by atoms with Crippen LogP contribution < -0.4 is 5.32 Å². The Morgan fingerprint density at radius 1 is 1.00 bits per heavy atom. The number of anilines is 1. The number of nitrogens with one attached hydrogen (secondary N) is 1. The highest BCUT2D eigenvalue weighted by Gasteiger charge is 2.50. The first-order chi connectivity index (χ1) is 18.2. The van der Waals surface area contributed by atoms with Crippen molar-refractivity contribution in [2.75, 3.05) is 5.32 Å². The summed E-state index contributed by atoms with van der Waals surface area (Å²) in [5.41, 5.74) is 5.26. The predicted molar refractivity (Wildman–Crippen MR) is 148 cm³/mol. The van der Waals surface area contributed by atoms with Crippen LogP contribution in [0.5, 0.6) is 0 Å². The van der Waals surface area contributed by atoms with E-state index >= 15 is 0 Å². The summed E-state index contributed by atoms with van der Waals surface area (Å²) in [7, 11) is 1.91. The number of hydrogen-bond donors (Lipinski definition) is 2. The molecule has 198 valence electrons. The first-order valence-electron chi connectivity index (χ1n) is 14.0. The number of carbonyl (C=O) groups excluding carboxylic acids is 1. The van der Waals surface area contributed by atoms with Crippen molar-refractivity contribution < 1.29 is 14.7 Å². The van der Waals surface area contributed by atoms with Gasteiger partial charge >= 0.3 is 5.97 Å². The molecule has 4 fully saturated rings. The molecule has 0 radical (unpaired) electrons. The zero-order chi connectivity index (χ0) is 26.6. The summed E-state index contributed by atoms with van der Waals surface area (Å²) in [5.74, 6) is 2.21. The Labute approximate surface area is 224 Å². The van der Waals surface area contributed by atoms with E-state index in [-0.39, 0.29) is 11.5 Å². The topological polar surface area (TPSA) is 84.2 Å². The van der Waals surface area contributed by atoms with E-state index in [1.165, 1.54) is 44.6 Å². The van der Waals surface area contributed by atoms with Gasteiger partial charge in [0.1, 0.15) is 11.5 Å². The van der Waals surface area contributed by atoms with Gasteiger partial charge in [-0.3, -0.25) is 4.79 Å². The number of nitrogens with zero attached hydrogens (tertiary/aromatic N) is 2. The average molecular weight is 512 g/mol. The quantitative estimate of drug-likeness (QED) is 0.365. The number of carboxylic acids is 1. The summed E-state index contributed by atoms with van der Waals surface area (Å²) in [4.78, 5) is 30.5. The summed E-state index contributed by atoms with van der Waals surface area (Å²) in [5, 5.41) is 12.5. The monoisotopic (exact) mass is 511 g/mol. The Hall–Kier alpha value is -3.41. The molecule has 0 unspecified atom stereocenters. The Bertz CT molecular complexity index is 1380. The van der Waals surface area contributed by atoms with E-state index in [4.69, 9.17) is 4.98 Å². The van der Waals surface area contributed by atoms with Gasteiger partial charge in [-0.25, -0.2) is 9.78 Å². The highest BCUT2D eigenvalue weighted by Crippen LogP contribution is 2.61. The third kappa shape index (κ3) is 4.44. The molecule has 38 heavy (non-hydrogen) atoms. The van der Waals surface area contributed by atoms with E-state index in [9.17, 15) is 14.7 Å². The molecular formula is C32H37N3O3. The van der Waals surface area contributed by atoms with E-state index in [1.807, 2.05) is 23.7 Å². The van der Waals surface area contributed by atoms with Gasteiger partial charge in [-0.1, -0.05) is 30.3 Å². The summed E-state index contributed by atoms with van der Waals surface area (Å²) in [6, 6.07) is 13.2. The lowest BCUT2D eigenvalue weighted by atomic mass is 9.48. The van der Waals surface area contributed by atoms with Crippen LogP contribution in [0.4, 0.5) is 5.69 Å². The number of imidazole rings is 1. The van der Waals surface area contributed by atoms with E-state index in [2.05, 4.69) is 24.4 Å². The number of hydrogen-bond acceptors (Lipinski definition) is 3. The first-order valence-corrected chi connectivity index (χ1v) is 14.0. The first kappa shape index (κ1) is 24.9. The summed E-state index contributed by atoms with van der Waals surface area (Å²) in [6.45, 7) is 3.83. The molecule has 1 amide bonds. The van der Waals surface area contributed by atoms with E-state index in [1.54, 1.807) is 19.1 Å². The van der Waals surface area contributed by atoms with Gasteiger partial charge in [-0.2, -0.15) is 0 Å². The molecular weight excluding hydrogens is 474 g/mol. The molecule has 1 heterocycles. The molecule has 3 aromatic rings. The minimum atomic E-state index is -1.00. The maximum atomic E-state index is 13.8. The van der Waals surface area contributed by atoms with Crippen LogP contribution in [0.3, 0.4) is 0 Å². The van der Waals surface area contributed by atoms with Gasteiger partial charge < -0.3 is 15.0 Å². The van der Waals surface area contributed by atoms with Crippen LogP contribution in [-0.4, -0.2) is 26.5 Å². The van der Waals surface area contributed by atoms with Crippen molar-refractivity contribution in [3.05, 3.63) is 70.5 Å². The van der Waals surface area contributed by atoms with Gasteiger partial charge in [-0.05, 0) is 112 Å². The molecule has 2 N–H and O–H groups in total. The minimum absolute atomic E-state index is 0.190. The molecule has 6 heteroatoms. The number of carbonyl (C=O) groups is 2. The standard InChI is InChI=1S/C32H37N3O3/c1-19-6-4-5-7-25(19)29-34-27(10-11-32-16-21-12-22(17-32)14-23(13-21)18-32)28(35(29)3)30(36)33-24-9-8-20(2)26(15-24)31(37)38/h4-9,15,21-23H,10-14,16-18H2,1-3H3,(H,33,36)(H,37,38). The maximum absolute atomic E-state index is 13.8. The lowest BCUT2D eigenvalue weighted by Gasteiger charge is -2.57. The van der Waals surface area contributed by atoms with Gasteiger partial charge in [0.25, 0.3) is 5.91 Å². The van der Waals surface area contributed by atoms with Crippen molar-refractivity contribution in [1.82, 2.24) is 9.55 Å². The van der Waals surface area contributed by atoms with E-state index < -0.39 is 5.97 Å². The maximum Gasteiger partial charge on any atom is 0.336 e. The number of rotatable bonds is 7. The van der Waals surface area contributed by atoms with Crippen molar-refractivity contribution in [2.24, 2.45) is 30.2 Å². The molecule has 6 nitrogen and oxygen atoms in total. The highest BCUT2D eigenvalue weighted by atomic mass is 16.4. The second kappa shape index (κ2) is 9.40. The fraction of sp³-hybridized carbons (Fsp3) is 0.469. The largest absolute Gasteiger partial charge is 0.478 e. The van der Waals surface area contributed by atoms with Crippen LogP contribution in [0.25, 0.3) is 11.4 Å². The van der Waals surface area contributed by atoms with Crippen LogP contribution in [0.15, 0.2) is 42.5 Å². The number of amides is 1. The van der Waals surface area contributed by atoms with Gasteiger partial charge in [-0.15, -0.1) is 0 Å². The molecule has 0 saturated heterocycles. The molecule has 0 atom stereocenters. The predicted octanol–water partition coefficient (Wildman–Crippen LogP) is 6.80. The smallest absolute Gasteiger partial charge is 0.336 e. The SMILES string of the molecule is Cc1ccc(NC(=O)c2c(CCC34CC5CC(CC(C5)C3)C4)nc(-c3ccccc3C)n2C)cc1C(=O)O. The lowest BCUT2D eigenvalue weighted by molar-refractivity contribution is -0.0570. The minimum Gasteiger partial charge on any atom is -0.478 e. The average Bonchev–Trinajstić information content (AvgIpc) is 3.19. The fourth-order valence-electron chi connectivity index (χ4n) is 8.18. The van der Waals surface area contributed by atoms with Crippen LogP contribution in [0.1, 0.15) is 82.6 Å². The van der Waals surface area contributed by atoms with Crippen LogP contribution in [0.2, 0.25) is 0 Å². The van der Waals surface area contributed by atoms with Crippen molar-refractivity contribution in [3.8, 4) is 11.4 Å². The molecule has 1 aromatic heterocycles. The molecule has 0 spiro atoms. The summed E-state index contributed by atoms with van der Waals surface area (Å²) in [6.07, 6.45) is 10.1. The summed E-state index contributed by atoms with van der Waals surface area (Å²) >= 11 is 0. The van der Waals surface area contributed by atoms with Gasteiger partial charge in [0, 0.05) is 18.3 Å². The summed E-state index contributed by atoms with van der Waals surface area (Å²) < 4.78 is 1.92. The molecule has 4 aliphatic rings. The highest BCUT2D eigenvalue weighted by molar-refractivity contribution is 6.05. The normalized spacial score (nSPS) is 25.5. The number of aryl methyl sites for hydroxylation is 3. The third-order valence-electron chi connectivity index (χ3n) is 9.55. The van der Waals surface area contributed by atoms with Crippen LogP contribution >= 0.6 is 0 Å². The fourth-order valence-corrected chi connectivity index (χ4v) is 8.18. The van der Waals surface area contributed by atoms with Gasteiger partial charge in [0.05, 0.1) is 11.3 Å². The van der Waals surface area contributed by atoms with Crippen molar-refractivity contribution >= 4 is 17.6 Å².